The normalized spacial score (nSPS) is 22.8. The standard InChI is InChI=1S/C16H26N2/c1-12-7-8-13(2)16(10-12)17-14(3)15-6-5-9-18(4)11-15/h7-8,10,14-15,17H,5-6,9,11H2,1-4H3. The van der Waals surface area contributed by atoms with Crippen molar-refractivity contribution in [1.82, 2.24) is 4.90 Å². The molecule has 1 fully saturated rings. The predicted molar refractivity (Wildman–Crippen MR) is 79.2 cm³/mol. The molecule has 0 amide bonds. The molecule has 0 bridgehead atoms. The first kappa shape index (κ1) is 13.4. The summed E-state index contributed by atoms with van der Waals surface area (Å²) in [5, 5.41) is 3.71. The number of anilines is 1. The molecule has 18 heavy (non-hydrogen) atoms. The molecule has 1 aromatic rings. The molecule has 1 aromatic carbocycles. The summed E-state index contributed by atoms with van der Waals surface area (Å²) in [6.45, 7) is 9.14. The Morgan fingerprint density at radius 3 is 2.83 bits per heavy atom. The number of nitrogens with one attached hydrogen (secondary N) is 1. The van der Waals surface area contributed by atoms with Crippen LogP contribution >= 0.6 is 0 Å². The van der Waals surface area contributed by atoms with Crippen LogP contribution in [0, 0.1) is 19.8 Å². The molecule has 0 saturated carbocycles. The highest BCUT2D eigenvalue weighted by atomic mass is 15.1. The first-order valence-electron chi connectivity index (χ1n) is 7.08. The molecule has 1 saturated heterocycles. The van der Waals surface area contributed by atoms with E-state index in [2.05, 4.69) is 56.2 Å². The van der Waals surface area contributed by atoms with Crippen molar-refractivity contribution in [1.29, 1.82) is 0 Å². The fourth-order valence-corrected chi connectivity index (χ4v) is 2.87. The van der Waals surface area contributed by atoms with E-state index < -0.39 is 0 Å². The maximum absolute atomic E-state index is 3.71. The summed E-state index contributed by atoms with van der Waals surface area (Å²) in [5.41, 5.74) is 3.98. The Bertz CT molecular complexity index is 400. The van der Waals surface area contributed by atoms with E-state index in [-0.39, 0.29) is 0 Å². The minimum atomic E-state index is 0.549. The van der Waals surface area contributed by atoms with Crippen LogP contribution < -0.4 is 5.32 Å². The second-order valence-electron chi connectivity index (χ2n) is 5.92. The summed E-state index contributed by atoms with van der Waals surface area (Å²) in [7, 11) is 2.23. The van der Waals surface area contributed by atoms with Crippen LogP contribution in [0.3, 0.4) is 0 Å². The van der Waals surface area contributed by atoms with Crippen LogP contribution in [-0.2, 0) is 0 Å². The fourth-order valence-electron chi connectivity index (χ4n) is 2.87. The van der Waals surface area contributed by atoms with Gasteiger partial charge in [-0.1, -0.05) is 12.1 Å². The lowest BCUT2D eigenvalue weighted by molar-refractivity contribution is 0.197. The number of hydrogen-bond donors (Lipinski definition) is 1. The monoisotopic (exact) mass is 246 g/mol. The Labute approximate surface area is 111 Å². The summed E-state index contributed by atoms with van der Waals surface area (Å²) in [6.07, 6.45) is 2.68. The first-order valence-corrected chi connectivity index (χ1v) is 7.08. The van der Waals surface area contributed by atoms with Crippen molar-refractivity contribution in [3.63, 3.8) is 0 Å². The molecule has 2 unspecified atom stereocenters. The smallest absolute Gasteiger partial charge is 0.0374 e. The third-order valence-electron chi connectivity index (χ3n) is 4.14. The number of aryl methyl sites for hydroxylation is 2. The van der Waals surface area contributed by atoms with Crippen molar-refractivity contribution in [2.45, 2.75) is 39.7 Å². The van der Waals surface area contributed by atoms with Gasteiger partial charge >= 0.3 is 0 Å². The zero-order chi connectivity index (χ0) is 13.1. The van der Waals surface area contributed by atoms with E-state index in [0.717, 1.165) is 5.92 Å². The van der Waals surface area contributed by atoms with E-state index in [1.165, 1.54) is 42.7 Å². The van der Waals surface area contributed by atoms with Crippen LogP contribution in [0.5, 0.6) is 0 Å². The highest BCUT2D eigenvalue weighted by Gasteiger charge is 2.22. The van der Waals surface area contributed by atoms with E-state index in [4.69, 9.17) is 0 Å². The molecule has 1 aliphatic rings. The molecule has 2 nitrogen and oxygen atoms in total. The van der Waals surface area contributed by atoms with Crippen LogP contribution in [0.15, 0.2) is 18.2 Å². The second-order valence-corrected chi connectivity index (χ2v) is 5.92. The summed E-state index contributed by atoms with van der Waals surface area (Å²) < 4.78 is 0. The summed E-state index contributed by atoms with van der Waals surface area (Å²) in [6, 6.07) is 7.20. The Balaban J connectivity index is 2.01. The molecule has 0 aliphatic carbocycles. The SMILES string of the molecule is Cc1ccc(C)c(NC(C)C2CCCN(C)C2)c1. The molecule has 100 valence electrons. The summed E-state index contributed by atoms with van der Waals surface area (Å²) >= 11 is 0. The maximum Gasteiger partial charge on any atom is 0.0374 e. The number of hydrogen-bond acceptors (Lipinski definition) is 2. The van der Waals surface area contributed by atoms with Crippen LogP contribution in [0.2, 0.25) is 0 Å². The molecule has 0 spiro atoms. The molecule has 0 radical (unpaired) electrons. The van der Waals surface area contributed by atoms with Gasteiger partial charge in [-0.3, -0.25) is 0 Å². The van der Waals surface area contributed by atoms with Gasteiger partial charge in [-0.2, -0.15) is 0 Å². The van der Waals surface area contributed by atoms with Crippen LogP contribution in [0.4, 0.5) is 5.69 Å². The molecular formula is C16H26N2. The van der Waals surface area contributed by atoms with E-state index in [1.807, 2.05) is 0 Å². The largest absolute Gasteiger partial charge is 0.382 e. The highest BCUT2D eigenvalue weighted by Crippen LogP contribution is 2.23. The van der Waals surface area contributed by atoms with Crippen molar-refractivity contribution >= 4 is 5.69 Å². The fraction of sp³-hybridized carbons (Fsp3) is 0.625. The van der Waals surface area contributed by atoms with Crippen molar-refractivity contribution in [3.8, 4) is 0 Å². The van der Waals surface area contributed by atoms with Gasteiger partial charge in [0, 0.05) is 18.3 Å². The predicted octanol–water partition coefficient (Wildman–Crippen LogP) is 3.45. The Morgan fingerprint density at radius 2 is 2.11 bits per heavy atom. The molecule has 2 atom stereocenters. The quantitative estimate of drug-likeness (QED) is 0.879. The zero-order valence-corrected chi connectivity index (χ0v) is 12.2. The summed E-state index contributed by atoms with van der Waals surface area (Å²) in [4.78, 5) is 2.45. The van der Waals surface area contributed by atoms with Crippen molar-refractivity contribution in [2.24, 2.45) is 5.92 Å². The third kappa shape index (κ3) is 3.26. The highest BCUT2D eigenvalue weighted by molar-refractivity contribution is 5.53. The van der Waals surface area contributed by atoms with E-state index >= 15 is 0 Å². The van der Waals surface area contributed by atoms with Gasteiger partial charge in [0.2, 0.25) is 0 Å². The number of benzene rings is 1. The molecule has 1 heterocycles. The van der Waals surface area contributed by atoms with Crippen LogP contribution in [0.1, 0.15) is 30.9 Å². The molecular weight excluding hydrogens is 220 g/mol. The lowest BCUT2D eigenvalue weighted by Crippen LogP contribution is -2.39. The number of piperidine rings is 1. The molecule has 2 rings (SSSR count). The van der Waals surface area contributed by atoms with Crippen molar-refractivity contribution in [2.75, 3.05) is 25.5 Å². The van der Waals surface area contributed by atoms with Gasteiger partial charge in [0.25, 0.3) is 0 Å². The second kappa shape index (κ2) is 5.75. The zero-order valence-electron chi connectivity index (χ0n) is 12.2. The third-order valence-corrected chi connectivity index (χ3v) is 4.14. The molecule has 0 aromatic heterocycles. The van der Waals surface area contributed by atoms with Gasteiger partial charge in [-0.15, -0.1) is 0 Å². The molecule has 2 heteroatoms. The van der Waals surface area contributed by atoms with Crippen molar-refractivity contribution < 1.29 is 0 Å². The van der Waals surface area contributed by atoms with Crippen molar-refractivity contribution in [3.05, 3.63) is 29.3 Å². The van der Waals surface area contributed by atoms with Gasteiger partial charge < -0.3 is 10.2 Å². The van der Waals surface area contributed by atoms with Gasteiger partial charge in [-0.05, 0) is 70.3 Å². The maximum atomic E-state index is 3.71. The first-order chi connectivity index (χ1) is 8.56. The number of nitrogens with zero attached hydrogens (tertiary/aromatic N) is 1. The number of likely N-dealkylation sites (tertiary alicyclic amines) is 1. The van der Waals surface area contributed by atoms with Gasteiger partial charge in [0.15, 0.2) is 0 Å². The van der Waals surface area contributed by atoms with E-state index in [9.17, 15) is 0 Å². The number of rotatable bonds is 3. The Hall–Kier alpha value is -1.02. The topological polar surface area (TPSA) is 15.3 Å². The Kier molecular flexibility index (Phi) is 4.28. The molecule has 1 aliphatic heterocycles. The van der Waals surface area contributed by atoms with Crippen LogP contribution in [-0.4, -0.2) is 31.1 Å². The minimum absolute atomic E-state index is 0.549. The minimum Gasteiger partial charge on any atom is -0.382 e. The lowest BCUT2D eigenvalue weighted by Gasteiger charge is -2.34. The lowest BCUT2D eigenvalue weighted by atomic mass is 9.91. The van der Waals surface area contributed by atoms with Crippen LogP contribution in [0.25, 0.3) is 0 Å². The van der Waals surface area contributed by atoms with Gasteiger partial charge in [0.05, 0.1) is 0 Å². The Morgan fingerprint density at radius 1 is 1.33 bits per heavy atom. The van der Waals surface area contributed by atoms with E-state index in [1.54, 1.807) is 0 Å². The van der Waals surface area contributed by atoms with Gasteiger partial charge in [-0.25, -0.2) is 0 Å². The van der Waals surface area contributed by atoms with E-state index in [0.29, 0.717) is 6.04 Å². The average Bonchev–Trinajstić information content (AvgIpc) is 2.34. The average molecular weight is 246 g/mol. The van der Waals surface area contributed by atoms with Gasteiger partial charge in [0.1, 0.15) is 0 Å². The summed E-state index contributed by atoms with van der Waals surface area (Å²) in [5.74, 6) is 0.767. The molecule has 1 N–H and O–H groups in total.